The van der Waals surface area contributed by atoms with Crippen LogP contribution < -0.4 is 10.6 Å². The fourth-order valence-corrected chi connectivity index (χ4v) is 3.63. The summed E-state index contributed by atoms with van der Waals surface area (Å²) >= 11 is 0. The molecule has 0 spiro atoms. The summed E-state index contributed by atoms with van der Waals surface area (Å²) in [5.41, 5.74) is 3.60. The van der Waals surface area contributed by atoms with Crippen LogP contribution in [0.2, 0.25) is 0 Å². The third-order valence-electron chi connectivity index (χ3n) is 5.58. The number of nitrogens with one attached hydrogen (secondary N) is 2. The Morgan fingerprint density at radius 3 is 2.39 bits per heavy atom. The Hall–Kier alpha value is -2.09. The van der Waals surface area contributed by atoms with Gasteiger partial charge < -0.3 is 15.5 Å². The Morgan fingerprint density at radius 2 is 1.74 bits per heavy atom. The first-order valence-corrected chi connectivity index (χ1v) is 10.9. The first-order valence-electron chi connectivity index (χ1n) is 10.9. The van der Waals surface area contributed by atoms with E-state index in [9.17, 15) is 4.79 Å². The predicted octanol–water partition coefficient (Wildman–Crippen LogP) is 4.13. The summed E-state index contributed by atoms with van der Waals surface area (Å²) in [7, 11) is 3.56. The molecular weight excluding hydrogens is 499 g/mol. The second-order valence-corrected chi connectivity index (χ2v) is 8.43. The molecule has 2 N–H and O–H groups in total. The summed E-state index contributed by atoms with van der Waals surface area (Å²) in [6.45, 7) is 4.55. The Morgan fingerprint density at radius 1 is 1.03 bits per heavy atom. The van der Waals surface area contributed by atoms with Crippen molar-refractivity contribution in [3.8, 4) is 0 Å². The summed E-state index contributed by atoms with van der Waals surface area (Å²) < 4.78 is 0. The van der Waals surface area contributed by atoms with Crippen LogP contribution in [0.4, 0.5) is 0 Å². The van der Waals surface area contributed by atoms with E-state index in [0.717, 1.165) is 49.6 Å². The Balaban J connectivity index is 0.00000341. The molecule has 1 amide bonds. The van der Waals surface area contributed by atoms with Gasteiger partial charge in [0.1, 0.15) is 0 Å². The lowest BCUT2D eigenvalue weighted by molar-refractivity contribution is 0.0827. The zero-order chi connectivity index (χ0) is 21.4. The number of guanidine groups is 1. The van der Waals surface area contributed by atoms with Crippen molar-refractivity contribution in [2.24, 2.45) is 10.4 Å². The number of aliphatic imine (C=N–C) groups is 1. The van der Waals surface area contributed by atoms with E-state index < -0.39 is 0 Å². The zero-order valence-electron chi connectivity index (χ0n) is 18.9. The van der Waals surface area contributed by atoms with Crippen LogP contribution in [0.15, 0.2) is 59.6 Å². The third-order valence-corrected chi connectivity index (χ3v) is 5.58. The highest BCUT2D eigenvalue weighted by Crippen LogP contribution is 2.48. The van der Waals surface area contributed by atoms with E-state index >= 15 is 0 Å². The standard InChI is InChI=1S/C25H34N4O.HI/c1-4-26-24(28-19-25(14-15-25)18-21-9-6-5-7-10-21)27-16-13-20-11-8-12-22(17-20)23(30)29(2)3;/h5-12,17H,4,13-16,18-19H2,1-3H3,(H2,26,27,28);1H. The van der Waals surface area contributed by atoms with Crippen LogP contribution in [0.3, 0.4) is 0 Å². The molecule has 0 atom stereocenters. The van der Waals surface area contributed by atoms with Crippen LogP contribution in [-0.2, 0) is 12.8 Å². The molecule has 2 aromatic rings. The van der Waals surface area contributed by atoms with Gasteiger partial charge in [0.15, 0.2) is 5.96 Å². The quantitative estimate of drug-likeness (QED) is 0.289. The molecule has 5 nitrogen and oxygen atoms in total. The van der Waals surface area contributed by atoms with Crippen molar-refractivity contribution in [1.82, 2.24) is 15.5 Å². The molecule has 1 saturated carbocycles. The van der Waals surface area contributed by atoms with Gasteiger partial charge in [0.25, 0.3) is 5.91 Å². The van der Waals surface area contributed by atoms with Crippen LogP contribution in [0.5, 0.6) is 0 Å². The van der Waals surface area contributed by atoms with Gasteiger partial charge >= 0.3 is 0 Å². The second kappa shape index (κ2) is 12.1. The molecule has 0 bridgehead atoms. The number of carbonyl (C=O) groups is 1. The lowest BCUT2D eigenvalue weighted by atomic mass is 9.97. The number of amides is 1. The van der Waals surface area contributed by atoms with Gasteiger partial charge in [-0.05, 0) is 61.3 Å². The summed E-state index contributed by atoms with van der Waals surface area (Å²) in [4.78, 5) is 18.6. The lowest BCUT2D eigenvalue weighted by Gasteiger charge is -2.16. The average Bonchev–Trinajstić information content (AvgIpc) is 3.52. The van der Waals surface area contributed by atoms with Gasteiger partial charge in [-0.3, -0.25) is 9.79 Å². The van der Waals surface area contributed by atoms with E-state index in [4.69, 9.17) is 4.99 Å². The smallest absolute Gasteiger partial charge is 0.253 e. The molecule has 1 fully saturated rings. The molecule has 0 saturated heterocycles. The van der Waals surface area contributed by atoms with Crippen molar-refractivity contribution < 1.29 is 4.79 Å². The molecule has 0 radical (unpaired) electrons. The van der Waals surface area contributed by atoms with E-state index in [2.05, 4.69) is 54.0 Å². The summed E-state index contributed by atoms with van der Waals surface area (Å²) in [5, 5.41) is 6.80. The molecule has 2 aromatic carbocycles. The maximum absolute atomic E-state index is 12.2. The molecular formula is C25H35IN4O. The number of halogens is 1. The minimum absolute atomic E-state index is 0. The van der Waals surface area contributed by atoms with Gasteiger partial charge in [-0.1, -0.05) is 42.5 Å². The number of benzene rings is 2. The zero-order valence-corrected chi connectivity index (χ0v) is 21.2. The molecule has 0 aromatic heterocycles. The molecule has 1 aliphatic carbocycles. The van der Waals surface area contributed by atoms with E-state index in [1.165, 1.54) is 18.4 Å². The van der Waals surface area contributed by atoms with E-state index in [1.807, 2.05) is 18.2 Å². The molecule has 168 valence electrons. The van der Waals surface area contributed by atoms with Crippen LogP contribution in [-0.4, -0.2) is 50.5 Å². The Kier molecular flexibility index (Phi) is 9.81. The largest absolute Gasteiger partial charge is 0.357 e. The van der Waals surface area contributed by atoms with Gasteiger partial charge in [0, 0.05) is 39.3 Å². The highest BCUT2D eigenvalue weighted by Gasteiger charge is 2.42. The van der Waals surface area contributed by atoms with Gasteiger partial charge in [-0.25, -0.2) is 0 Å². The average molecular weight is 534 g/mol. The fraction of sp³-hybridized carbons (Fsp3) is 0.440. The van der Waals surface area contributed by atoms with E-state index in [0.29, 0.717) is 5.41 Å². The first kappa shape index (κ1) is 25.2. The second-order valence-electron chi connectivity index (χ2n) is 8.43. The topological polar surface area (TPSA) is 56.7 Å². The van der Waals surface area contributed by atoms with Crippen molar-refractivity contribution >= 4 is 35.8 Å². The van der Waals surface area contributed by atoms with Crippen LogP contribution >= 0.6 is 24.0 Å². The highest BCUT2D eigenvalue weighted by atomic mass is 127. The van der Waals surface area contributed by atoms with Gasteiger partial charge in [-0.2, -0.15) is 0 Å². The van der Waals surface area contributed by atoms with Crippen molar-refractivity contribution in [2.75, 3.05) is 33.7 Å². The first-order chi connectivity index (χ1) is 14.5. The molecule has 1 aliphatic rings. The number of carbonyl (C=O) groups excluding carboxylic acids is 1. The summed E-state index contributed by atoms with van der Waals surface area (Å²) in [6.07, 6.45) is 4.44. The van der Waals surface area contributed by atoms with E-state index in [-0.39, 0.29) is 29.9 Å². The molecule has 6 heteroatoms. The number of rotatable bonds is 9. The van der Waals surface area contributed by atoms with Crippen molar-refractivity contribution in [2.45, 2.75) is 32.6 Å². The van der Waals surface area contributed by atoms with Crippen molar-refractivity contribution in [1.29, 1.82) is 0 Å². The van der Waals surface area contributed by atoms with Gasteiger partial charge in [-0.15, -0.1) is 24.0 Å². The van der Waals surface area contributed by atoms with E-state index in [1.54, 1.807) is 19.0 Å². The van der Waals surface area contributed by atoms with Gasteiger partial charge in [0.2, 0.25) is 0 Å². The van der Waals surface area contributed by atoms with Crippen molar-refractivity contribution in [3.05, 3.63) is 71.3 Å². The Labute approximate surface area is 203 Å². The normalized spacial score (nSPS) is 14.4. The van der Waals surface area contributed by atoms with Crippen LogP contribution in [0.25, 0.3) is 0 Å². The van der Waals surface area contributed by atoms with Crippen molar-refractivity contribution in [3.63, 3.8) is 0 Å². The minimum Gasteiger partial charge on any atom is -0.357 e. The number of hydrogen-bond acceptors (Lipinski definition) is 2. The van der Waals surface area contributed by atoms with Gasteiger partial charge in [0.05, 0.1) is 0 Å². The molecule has 0 heterocycles. The van der Waals surface area contributed by atoms with Crippen LogP contribution in [0, 0.1) is 5.41 Å². The summed E-state index contributed by atoms with van der Waals surface area (Å²) in [6, 6.07) is 18.6. The molecule has 3 rings (SSSR count). The maximum atomic E-state index is 12.2. The predicted molar refractivity (Wildman–Crippen MR) is 139 cm³/mol. The molecule has 31 heavy (non-hydrogen) atoms. The monoisotopic (exact) mass is 534 g/mol. The molecule has 0 aliphatic heterocycles. The SMILES string of the molecule is CCNC(=NCC1(Cc2ccccc2)CC1)NCCc1cccc(C(=O)N(C)C)c1.I. The third kappa shape index (κ3) is 7.83. The number of hydrogen-bond donors (Lipinski definition) is 2. The number of nitrogens with zero attached hydrogens (tertiary/aromatic N) is 2. The highest BCUT2D eigenvalue weighted by molar-refractivity contribution is 14.0. The Bertz CT molecular complexity index is 863. The molecule has 0 unspecified atom stereocenters. The fourth-order valence-electron chi connectivity index (χ4n) is 3.63. The lowest BCUT2D eigenvalue weighted by Crippen LogP contribution is -2.38. The van der Waals surface area contributed by atoms with Crippen LogP contribution in [0.1, 0.15) is 41.3 Å². The summed E-state index contributed by atoms with van der Waals surface area (Å²) in [5.74, 6) is 0.908. The minimum atomic E-state index is 0. The maximum Gasteiger partial charge on any atom is 0.253 e.